The van der Waals surface area contributed by atoms with Crippen LogP contribution in [0.25, 0.3) is 0 Å². The van der Waals surface area contributed by atoms with Gasteiger partial charge in [-0.3, -0.25) is 9.47 Å². The van der Waals surface area contributed by atoms with Crippen molar-refractivity contribution in [2.24, 2.45) is 7.05 Å². The Morgan fingerprint density at radius 2 is 2.00 bits per heavy atom. The van der Waals surface area contributed by atoms with Crippen molar-refractivity contribution in [3.63, 3.8) is 0 Å². The third kappa shape index (κ3) is 2.80. The first-order valence-electron chi connectivity index (χ1n) is 7.22. The molecule has 0 unspecified atom stereocenters. The molecule has 0 saturated carbocycles. The number of anilines is 1. The third-order valence-corrected chi connectivity index (χ3v) is 6.15. The average Bonchev–Trinajstić information content (AvgIpc) is 3.02. The van der Waals surface area contributed by atoms with Gasteiger partial charge < -0.3 is 15.0 Å². The minimum absolute atomic E-state index is 0.0914. The lowest BCUT2D eigenvalue weighted by atomic mass is 10.2. The number of nitro groups is 1. The van der Waals surface area contributed by atoms with Gasteiger partial charge in [0.25, 0.3) is 0 Å². The van der Waals surface area contributed by atoms with Crippen LogP contribution in [-0.2, 0) is 16.9 Å². The molecule has 3 heterocycles. The molecule has 2 aliphatic heterocycles. The zero-order chi connectivity index (χ0) is 15.9. The summed E-state index contributed by atoms with van der Waals surface area (Å²) in [5.74, 6) is 0.896. The SMILES string of the molecule is Cn1cnc([N+](=O)[O-])c1N1CCN([C@H]2CCS(=O)(=O)C2)CC1. The number of piperazine rings is 1. The van der Waals surface area contributed by atoms with Crippen molar-refractivity contribution in [2.45, 2.75) is 12.5 Å². The lowest BCUT2D eigenvalue weighted by Gasteiger charge is -2.38. The summed E-state index contributed by atoms with van der Waals surface area (Å²) >= 11 is 0. The van der Waals surface area contributed by atoms with E-state index in [2.05, 4.69) is 9.88 Å². The summed E-state index contributed by atoms with van der Waals surface area (Å²) in [6.07, 6.45) is 2.14. The van der Waals surface area contributed by atoms with E-state index in [4.69, 9.17) is 0 Å². The first-order chi connectivity index (χ1) is 10.4. The number of nitrogens with zero attached hydrogens (tertiary/aromatic N) is 5. The maximum Gasteiger partial charge on any atom is 0.406 e. The fourth-order valence-corrected chi connectivity index (χ4v) is 5.03. The van der Waals surface area contributed by atoms with Crippen LogP contribution in [0.2, 0.25) is 0 Å². The Kier molecular flexibility index (Phi) is 3.81. The van der Waals surface area contributed by atoms with E-state index in [1.807, 2.05) is 4.90 Å². The highest BCUT2D eigenvalue weighted by Crippen LogP contribution is 2.28. The molecular formula is C12H19N5O4S. The van der Waals surface area contributed by atoms with Crippen molar-refractivity contribution in [3.8, 4) is 0 Å². The van der Waals surface area contributed by atoms with Gasteiger partial charge in [0.15, 0.2) is 9.84 Å². The molecule has 1 aromatic rings. The molecule has 0 spiro atoms. The highest BCUT2D eigenvalue weighted by Gasteiger charge is 2.35. The summed E-state index contributed by atoms with van der Waals surface area (Å²) < 4.78 is 24.8. The van der Waals surface area contributed by atoms with Crippen LogP contribution in [0.3, 0.4) is 0 Å². The van der Waals surface area contributed by atoms with Crippen LogP contribution in [0.4, 0.5) is 11.6 Å². The Hall–Kier alpha value is -1.68. The molecule has 1 aromatic heterocycles. The molecule has 2 aliphatic rings. The van der Waals surface area contributed by atoms with Crippen molar-refractivity contribution >= 4 is 21.5 Å². The number of hydrogen-bond acceptors (Lipinski definition) is 7. The molecule has 2 saturated heterocycles. The fourth-order valence-electron chi connectivity index (χ4n) is 3.27. The number of aryl methyl sites for hydroxylation is 1. The predicted molar refractivity (Wildman–Crippen MR) is 80.7 cm³/mol. The Morgan fingerprint density at radius 3 is 2.55 bits per heavy atom. The second kappa shape index (κ2) is 5.51. The standard InChI is InChI=1S/C12H19N5O4S/c1-14-9-13-11(17(18)19)12(14)16-5-3-15(4-6-16)10-2-7-22(20,21)8-10/h9-10H,2-8H2,1H3/t10-/m0/s1. The van der Waals surface area contributed by atoms with Crippen LogP contribution in [0.15, 0.2) is 6.33 Å². The Balaban J connectivity index is 1.68. The normalized spacial score (nSPS) is 25.5. The molecule has 10 heteroatoms. The third-order valence-electron chi connectivity index (χ3n) is 4.40. The van der Waals surface area contributed by atoms with Gasteiger partial charge in [0.2, 0.25) is 12.1 Å². The quantitative estimate of drug-likeness (QED) is 0.551. The molecule has 0 radical (unpaired) electrons. The lowest BCUT2D eigenvalue weighted by Crippen LogP contribution is -2.51. The van der Waals surface area contributed by atoms with Crippen molar-refractivity contribution in [1.82, 2.24) is 14.5 Å². The van der Waals surface area contributed by atoms with Gasteiger partial charge in [0, 0.05) is 39.3 Å². The van der Waals surface area contributed by atoms with E-state index in [1.165, 1.54) is 6.33 Å². The van der Waals surface area contributed by atoms with E-state index in [0.29, 0.717) is 38.4 Å². The zero-order valence-corrected chi connectivity index (χ0v) is 13.2. The van der Waals surface area contributed by atoms with Crippen molar-refractivity contribution in [1.29, 1.82) is 0 Å². The van der Waals surface area contributed by atoms with Crippen LogP contribution in [0.1, 0.15) is 6.42 Å². The molecule has 2 fully saturated rings. The van der Waals surface area contributed by atoms with E-state index in [9.17, 15) is 18.5 Å². The van der Waals surface area contributed by atoms with Gasteiger partial charge in [0.05, 0.1) is 11.5 Å². The largest absolute Gasteiger partial charge is 0.406 e. The van der Waals surface area contributed by atoms with Gasteiger partial charge in [-0.15, -0.1) is 0 Å². The van der Waals surface area contributed by atoms with Gasteiger partial charge in [-0.2, -0.15) is 0 Å². The van der Waals surface area contributed by atoms with Gasteiger partial charge >= 0.3 is 5.82 Å². The van der Waals surface area contributed by atoms with E-state index in [1.54, 1.807) is 11.6 Å². The summed E-state index contributed by atoms with van der Waals surface area (Å²) in [5, 5.41) is 11.0. The number of hydrogen-bond donors (Lipinski definition) is 0. The number of sulfone groups is 1. The second-order valence-corrected chi connectivity index (χ2v) is 8.07. The first kappa shape index (κ1) is 15.2. The lowest BCUT2D eigenvalue weighted by molar-refractivity contribution is -0.388. The average molecular weight is 329 g/mol. The highest BCUT2D eigenvalue weighted by atomic mass is 32.2. The number of aromatic nitrogens is 2. The van der Waals surface area contributed by atoms with Crippen molar-refractivity contribution < 1.29 is 13.3 Å². The summed E-state index contributed by atoms with van der Waals surface area (Å²) in [7, 11) is -1.14. The van der Waals surface area contributed by atoms with Crippen molar-refractivity contribution in [2.75, 3.05) is 42.6 Å². The highest BCUT2D eigenvalue weighted by molar-refractivity contribution is 7.91. The maximum absolute atomic E-state index is 11.6. The zero-order valence-electron chi connectivity index (χ0n) is 12.4. The molecule has 122 valence electrons. The van der Waals surface area contributed by atoms with Crippen LogP contribution in [-0.4, -0.2) is 71.5 Å². The first-order valence-corrected chi connectivity index (χ1v) is 9.04. The van der Waals surface area contributed by atoms with E-state index in [0.717, 1.165) is 0 Å². The van der Waals surface area contributed by atoms with Gasteiger partial charge in [-0.25, -0.2) is 8.42 Å². The monoisotopic (exact) mass is 329 g/mol. The summed E-state index contributed by atoms with van der Waals surface area (Å²) in [6, 6.07) is 0.0914. The van der Waals surface area contributed by atoms with Crippen LogP contribution >= 0.6 is 0 Å². The molecule has 0 bridgehead atoms. The smallest absolute Gasteiger partial charge is 0.358 e. The van der Waals surface area contributed by atoms with E-state index < -0.39 is 14.8 Å². The molecule has 1 atom stereocenters. The Labute approximate surface area is 128 Å². The maximum atomic E-state index is 11.6. The summed E-state index contributed by atoms with van der Waals surface area (Å²) in [4.78, 5) is 18.6. The van der Waals surface area contributed by atoms with Crippen LogP contribution < -0.4 is 4.90 Å². The molecule has 0 aliphatic carbocycles. The van der Waals surface area contributed by atoms with E-state index in [-0.39, 0.29) is 23.4 Å². The topological polar surface area (TPSA) is 102 Å². The van der Waals surface area contributed by atoms with Crippen LogP contribution in [0.5, 0.6) is 0 Å². The van der Waals surface area contributed by atoms with E-state index >= 15 is 0 Å². The minimum Gasteiger partial charge on any atom is -0.358 e. The van der Waals surface area contributed by atoms with Crippen LogP contribution in [0, 0.1) is 10.1 Å². The molecule has 0 amide bonds. The predicted octanol–water partition coefficient (Wildman–Crippen LogP) is -0.363. The summed E-state index contributed by atoms with van der Waals surface area (Å²) in [5.41, 5.74) is 0. The molecular weight excluding hydrogens is 310 g/mol. The molecule has 9 nitrogen and oxygen atoms in total. The van der Waals surface area contributed by atoms with Gasteiger partial charge in [0.1, 0.15) is 0 Å². The Morgan fingerprint density at radius 1 is 1.32 bits per heavy atom. The van der Waals surface area contributed by atoms with Gasteiger partial charge in [-0.1, -0.05) is 0 Å². The van der Waals surface area contributed by atoms with Gasteiger partial charge in [-0.05, 0) is 16.3 Å². The number of imidazole rings is 1. The Bertz CT molecular complexity index is 678. The van der Waals surface area contributed by atoms with Crippen molar-refractivity contribution in [3.05, 3.63) is 16.4 Å². The minimum atomic E-state index is -2.88. The molecule has 0 aromatic carbocycles. The molecule has 0 N–H and O–H groups in total. The molecule has 22 heavy (non-hydrogen) atoms. The molecule has 3 rings (SSSR count). The fraction of sp³-hybridized carbons (Fsp3) is 0.750. The number of rotatable bonds is 3. The second-order valence-electron chi connectivity index (χ2n) is 5.84. The summed E-state index contributed by atoms with van der Waals surface area (Å²) in [6.45, 7) is 2.69.